The van der Waals surface area contributed by atoms with Crippen molar-refractivity contribution in [1.29, 1.82) is 0 Å². The molecule has 0 spiro atoms. The number of H-pyrrole nitrogens is 1. The van der Waals surface area contributed by atoms with Crippen molar-refractivity contribution in [2.45, 2.75) is 13.8 Å². The van der Waals surface area contributed by atoms with E-state index in [0.717, 1.165) is 43.0 Å². The number of nitrogens with one attached hydrogen (secondary N) is 1. The minimum absolute atomic E-state index is 0.730. The van der Waals surface area contributed by atoms with Gasteiger partial charge in [-0.3, -0.25) is 0 Å². The van der Waals surface area contributed by atoms with Gasteiger partial charge in [-0.2, -0.15) is 0 Å². The summed E-state index contributed by atoms with van der Waals surface area (Å²) in [5.41, 5.74) is 5.30. The van der Waals surface area contributed by atoms with Crippen molar-refractivity contribution >= 4 is 38.6 Å². The number of halogens is 2. The molecule has 0 aliphatic heterocycles. The number of hydrogen-bond donors (Lipinski definition) is 1. The second-order valence-electron chi connectivity index (χ2n) is 4.72. The third-order valence-corrected chi connectivity index (χ3v) is 3.73. The average Bonchev–Trinajstić information content (AvgIpc) is 2.71. The molecule has 0 aliphatic rings. The van der Waals surface area contributed by atoms with E-state index in [0.29, 0.717) is 0 Å². The van der Waals surface area contributed by atoms with Gasteiger partial charge in [0.2, 0.25) is 0 Å². The van der Waals surface area contributed by atoms with E-state index >= 15 is 0 Å². The molecular formula is C15H12BrClN2. The maximum absolute atomic E-state index is 6.11. The lowest BCUT2D eigenvalue weighted by molar-refractivity contribution is 1.32. The highest BCUT2D eigenvalue weighted by molar-refractivity contribution is 9.10. The highest BCUT2D eigenvalue weighted by Gasteiger charge is 2.09. The number of rotatable bonds is 1. The van der Waals surface area contributed by atoms with Gasteiger partial charge in [-0.1, -0.05) is 27.5 Å². The molecule has 3 aromatic rings. The first-order chi connectivity index (χ1) is 9.02. The minimum atomic E-state index is 0.730. The zero-order valence-electron chi connectivity index (χ0n) is 10.6. The van der Waals surface area contributed by atoms with Gasteiger partial charge in [0.25, 0.3) is 0 Å². The van der Waals surface area contributed by atoms with Crippen molar-refractivity contribution in [3.8, 4) is 11.4 Å². The molecule has 0 aliphatic carbocycles. The third kappa shape index (κ3) is 2.40. The number of aromatic amines is 1. The molecule has 0 amide bonds. The summed E-state index contributed by atoms with van der Waals surface area (Å²) in [6.45, 7) is 4.08. The predicted octanol–water partition coefficient (Wildman–Crippen LogP) is 5.26. The first-order valence-corrected chi connectivity index (χ1v) is 7.13. The summed E-state index contributed by atoms with van der Waals surface area (Å²) in [7, 11) is 0. The molecule has 96 valence electrons. The van der Waals surface area contributed by atoms with Crippen LogP contribution >= 0.6 is 27.5 Å². The third-order valence-electron chi connectivity index (χ3n) is 3.06. The second-order valence-corrected chi connectivity index (χ2v) is 6.07. The van der Waals surface area contributed by atoms with E-state index in [9.17, 15) is 0 Å². The van der Waals surface area contributed by atoms with Crippen LogP contribution in [0, 0.1) is 13.8 Å². The number of imidazole rings is 1. The summed E-state index contributed by atoms with van der Waals surface area (Å²) in [5, 5.41) is 0.730. The molecule has 1 N–H and O–H groups in total. The number of benzene rings is 2. The Morgan fingerprint density at radius 3 is 2.63 bits per heavy atom. The summed E-state index contributed by atoms with van der Waals surface area (Å²) in [6, 6.07) is 10.0. The number of hydrogen-bond acceptors (Lipinski definition) is 1. The van der Waals surface area contributed by atoms with Crippen molar-refractivity contribution < 1.29 is 0 Å². The van der Waals surface area contributed by atoms with Gasteiger partial charge in [-0.05, 0) is 55.3 Å². The van der Waals surface area contributed by atoms with Crippen LogP contribution in [0.5, 0.6) is 0 Å². The Labute approximate surface area is 124 Å². The van der Waals surface area contributed by atoms with Gasteiger partial charge >= 0.3 is 0 Å². The molecular weight excluding hydrogens is 324 g/mol. The Hall–Kier alpha value is -1.32. The molecule has 0 radical (unpaired) electrons. The molecule has 3 rings (SSSR count). The number of fused-ring (bicyclic) bond motifs is 1. The molecule has 0 atom stereocenters. The van der Waals surface area contributed by atoms with E-state index in [4.69, 9.17) is 11.6 Å². The van der Waals surface area contributed by atoms with Crippen LogP contribution in [0.1, 0.15) is 11.1 Å². The molecule has 2 nitrogen and oxygen atoms in total. The van der Waals surface area contributed by atoms with Gasteiger partial charge in [-0.25, -0.2) is 4.98 Å². The van der Waals surface area contributed by atoms with Gasteiger partial charge in [-0.15, -0.1) is 0 Å². The summed E-state index contributed by atoms with van der Waals surface area (Å²) in [6.07, 6.45) is 0. The van der Waals surface area contributed by atoms with Crippen LogP contribution in [0.3, 0.4) is 0 Å². The summed E-state index contributed by atoms with van der Waals surface area (Å²) in [4.78, 5) is 8.02. The van der Waals surface area contributed by atoms with Crippen LogP contribution < -0.4 is 0 Å². The Balaban J connectivity index is 2.23. The van der Waals surface area contributed by atoms with Crippen LogP contribution in [-0.2, 0) is 0 Å². The second kappa shape index (κ2) is 4.66. The summed E-state index contributed by atoms with van der Waals surface area (Å²) >= 11 is 9.61. The fourth-order valence-corrected chi connectivity index (χ4v) is 3.12. The van der Waals surface area contributed by atoms with Crippen molar-refractivity contribution in [1.82, 2.24) is 9.97 Å². The normalized spacial score (nSPS) is 11.2. The highest BCUT2D eigenvalue weighted by atomic mass is 79.9. The molecule has 0 saturated carbocycles. The molecule has 1 heterocycles. The molecule has 2 aromatic carbocycles. The van der Waals surface area contributed by atoms with Crippen LogP contribution in [0.4, 0.5) is 0 Å². The van der Waals surface area contributed by atoms with Crippen molar-refractivity contribution in [3.63, 3.8) is 0 Å². The summed E-state index contributed by atoms with van der Waals surface area (Å²) in [5.74, 6) is 0.849. The van der Waals surface area contributed by atoms with Crippen LogP contribution in [-0.4, -0.2) is 9.97 Å². The smallest absolute Gasteiger partial charge is 0.138 e. The van der Waals surface area contributed by atoms with Crippen LogP contribution in [0.2, 0.25) is 5.02 Å². The van der Waals surface area contributed by atoms with Gasteiger partial charge < -0.3 is 4.98 Å². The molecule has 0 bridgehead atoms. The van der Waals surface area contributed by atoms with E-state index in [2.05, 4.69) is 45.0 Å². The highest BCUT2D eigenvalue weighted by Crippen LogP contribution is 2.27. The van der Waals surface area contributed by atoms with Crippen molar-refractivity contribution in [2.24, 2.45) is 0 Å². The Morgan fingerprint density at radius 1 is 1.11 bits per heavy atom. The SMILES string of the molecule is Cc1cc(Cl)cc(-c2nc3c(C)cc(Br)cc3[nH]2)c1. The standard InChI is InChI=1S/C15H12BrClN2/c1-8-3-10(6-12(17)4-8)15-18-13-7-11(16)5-9(2)14(13)19-15/h3-7H,1-2H3,(H,18,19). The quantitative estimate of drug-likeness (QED) is 0.645. The maximum Gasteiger partial charge on any atom is 0.138 e. The van der Waals surface area contributed by atoms with Gasteiger partial charge in [0.15, 0.2) is 0 Å². The zero-order chi connectivity index (χ0) is 13.6. The Bertz CT molecular complexity index is 757. The fraction of sp³-hybridized carbons (Fsp3) is 0.133. The summed E-state index contributed by atoms with van der Waals surface area (Å²) < 4.78 is 1.05. The molecule has 1 aromatic heterocycles. The van der Waals surface area contributed by atoms with E-state index in [-0.39, 0.29) is 0 Å². The Kier molecular flexibility index (Phi) is 3.11. The van der Waals surface area contributed by atoms with E-state index in [1.807, 2.05) is 25.1 Å². The first kappa shape index (κ1) is 12.7. The number of aromatic nitrogens is 2. The molecule has 0 saturated heterocycles. The van der Waals surface area contributed by atoms with E-state index in [1.54, 1.807) is 0 Å². The monoisotopic (exact) mass is 334 g/mol. The van der Waals surface area contributed by atoms with Gasteiger partial charge in [0, 0.05) is 15.1 Å². The minimum Gasteiger partial charge on any atom is -0.338 e. The molecule has 0 fully saturated rings. The predicted molar refractivity (Wildman–Crippen MR) is 83.7 cm³/mol. The van der Waals surface area contributed by atoms with Gasteiger partial charge in [0.05, 0.1) is 11.0 Å². The molecule has 0 unspecified atom stereocenters. The molecule has 19 heavy (non-hydrogen) atoms. The zero-order valence-corrected chi connectivity index (χ0v) is 12.9. The van der Waals surface area contributed by atoms with E-state index in [1.165, 1.54) is 0 Å². The lowest BCUT2D eigenvalue weighted by Crippen LogP contribution is -1.82. The average molecular weight is 336 g/mol. The maximum atomic E-state index is 6.11. The number of aryl methyl sites for hydroxylation is 2. The van der Waals surface area contributed by atoms with Gasteiger partial charge in [0.1, 0.15) is 5.82 Å². The van der Waals surface area contributed by atoms with Crippen LogP contribution in [0.25, 0.3) is 22.4 Å². The van der Waals surface area contributed by atoms with Crippen molar-refractivity contribution in [2.75, 3.05) is 0 Å². The van der Waals surface area contributed by atoms with Crippen molar-refractivity contribution in [3.05, 3.63) is 51.0 Å². The first-order valence-electron chi connectivity index (χ1n) is 5.96. The fourth-order valence-electron chi connectivity index (χ4n) is 2.26. The largest absolute Gasteiger partial charge is 0.338 e. The van der Waals surface area contributed by atoms with E-state index < -0.39 is 0 Å². The lowest BCUT2D eigenvalue weighted by Gasteiger charge is -2.00. The Morgan fingerprint density at radius 2 is 1.89 bits per heavy atom. The van der Waals surface area contributed by atoms with Crippen LogP contribution in [0.15, 0.2) is 34.8 Å². The lowest BCUT2D eigenvalue weighted by atomic mass is 10.1. The molecule has 4 heteroatoms. The number of nitrogens with zero attached hydrogens (tertiary/aromatic N) is 1. The topological polar surface area (TPSA) is 28.7 Å².